The Hall–Kier alpha value is -3.28. The van der Waals surface area contributed by atoms with Crippen LogP contribution in [0.25, 0.3) is 0 Å². The molecule has 0 aliphatic carbocycles. The van der Waals surface area contributed by atoms with Gasteiger partial charge in [-0.25, -0.2) is 13.8 Å². The third kappa shape index (κ3) is 4.38. The highest BCUT2D eigenvalue weighted by Gasteiger charge is 2.07. The largest absolute Gasteiger partial charge is 0.366 e. The van der Waals surface area contributed by atoms with Gasteiger partial charge in [0.15, 0.2) is 0 Å². The molecular weight excluding hydrogens is 324 g/mol. The smallest absolute Gasteiger partial charge is 0.255 e. The van der Waals surface area contributed by atoms with Gasteiger partial charge >= 0.3 is 0 Å². The van der Waals surface area contributed by atoms with Crippen molar-refractivity contribution < 1.29 is 13.6 Å². The summed E-state index contributed by atoms with van der Waals surface area (Å²) >= 11 is 0. The second-order valence-electron chi connectivity index (χ2n) is 5.34. The fourth-order valence-corrected chi connectivity index (χ4v) is 2.20. The molecule has 0 radical (unpaired) electrons. The molecule has 25 heavy (non-hydrogen) atoms. The average Bonchev–Trinajstić information content (AvgIpc) is 2.63. The van der Waals surface area contributed by atoms with E-state index >= 15 is 0 Å². The first-order chi connectivity index (χ1) is 12.1. The zero-order valence-electron chi connectivity index (χ0n) is 13.2. The Kier molecular flexibility index (Phi) is 4.99. The van der Waals surface area contributed by atoms with E-state index in [1.54, 1.807) is 30.3 Å². The van der Waals surface area contributed by atoms with Crippen molar-refractivity contribution in [3.05, 3.63) is 89.6 Å². The van der Waals surface area contributed by atoms with Crippen molar-refractivity contribution in [1.29, 1.82) is 0 Å². The molecular formula is C19H15F2N3O. The number of amides is 1. The minimum Gasteiger partial charge on any atom is -0.366 e. The number of benzene rings is 2. The lowest BCUT2D eigenvalue weighted by Gasteiger charge is -2.08. The number of aromatic nitrogens is 1. The van der Waals surface area contributed by atoms with Gasteiger partial charge < -0.3 is 10.6 Å². The highest BCUT2D eigenvalue weighted by molar-refractivity contribution is 6.04. The number of nitrogens with zero attached hydrogens (tertiary/aromatic N) is 1. The molecule has 0 unspecified atom stereocenters. The van der Waals surface area contributed by atoms with E-state index in [9.17, 15) is 13.6 Å². The Morgan fingerprint density at radius 1 is 0.960 bits per heavy atom. The van der Waals surface area contributed by atoms with Crippen LogP contribution in [0.4, 0.5) is 20.3 Å². The van der Waals surface area contributed by atoms with Crippen molar-refractivity contribution in [2.24, 2.45) is 0 Å². The standard InChI is InChI=1S/C19H15F2N3O/c20-15-7-5-13(6-8-15)19(25)24-16-9-10-18(23-12-16)22-11-14-3-1-2-4-17(14)21/h1-10,12H,11H2,(H,22,23)(H,24,25). The van der Waals surface area contributed by atoms with Crippen LogP contribution in [0.2, 0.25) is 0 Å². The number of nitrogens with one attached hydrogen (secondary N) is 2. The first kappa shape index (κ1) is 16.6. The van der Waals surface area contributed by atoms with Crippen molar-refractivity contribution in [2.75, 3.05) is 10.6 Å². The minimum absolute atomic E-state index is 0.279. The van der Waals surface area contributed by atoms with Gasteiger partial charge in [0.1, 0.15) is 17.5 Å². The fourth-order valence-electron chi connectivity index (χ4n) is 2.20. The van der Waals surface area contributed by atoms with E-state index < -0.39 is 5.82 Å². The molecule has 0 aliphatic rings. The maximum atomic E-state index is 13.6. The number of halogens is 2. The molecule has 126 valence electrons. The Morgan fingerprint density at radius 3 is 2.40 bits per heavy atom. The van der Waals surface area contributed by atoms with Gasteiger partial charge in [0.25, 0.3) is 5.91 Å². The lowest BCUT2D eigenvalue weighted by atomic mass is 10.2. The van der Waals surface area contributed by atoms with Gasteiger partial charge in [0, 0.05) is 17.7 Å². The average molecular weight is 339 g/mol. The van der Waals surface area contributed by atoms with Gasteiger partial charge in [-0.1, -0.05) is 18.2 Å². The van der Waals surface area contributed by atoms with Gasteiger partial charge in [-0.05, 0) is 42.5 Å². The van der Waals surface area contributed by atoms with Crippen LogP contribution < -0.4 is 10.6 Å². The van der Waals surface area contributed by atoms with Crippen LogP contribution in [-0.2, 0) is 6.54 Å². The van der Waals surface area contributed by atoms with E-state index in [-0.39, 0.29) is 11.7 Å². The molecule has 1 amide bonds. The predicted octanol–water partition coefficient (Wildman–Crippen LogP) is 4.22. The number of rotatable bonds is 5. The zero-order valence-corrected chi connectivity index (χ0v) is 13.2. The second kappa shape index (κ2) is 7.53. The number of anilines is 2. The van der Waals surface area contributed by atoms with Crippen LogP contribution >= 0.6 is 0 Å². The zero-order chi connectivity index (χ0) is 17.6. The Bertz CT molecular complexity index is 865. The number of hydrogen-bond donors (Lipinski definition) is 2. The first-order valence-corrected chi connectivity index (χ1v) is 7.62. The molecule has 3 rings (SSSR count). The molecule has 6 heteroatoms. The van der Waals surface area contributed by atoms with Crippen LogP contribution in [0.1, 0.15) is 15.9 Å². The summed E-state index contributed by atoms with van der Waals surface area (Å²) in [6, 6.07) is 15.1. The summed E-state index contributed by atoms with van der Waals surface area (Å²) in [5, 5.41) is 5.69. The molecule has 0 saturated carbocycles. The Morgan fingerprint density at radius 2 is 1.72 bits per heavy atom. The number of carbonyl (C=O) groups is 1. The van der Waals surface area contributed by atoms with E-state index in [1.807, 2.05) is 0 Å². The summed E-state index contributed by atoms with van der Waals surface area (Å²) in [6.45, 7) is 0.307. The topological polar surface area (TPSA) is 54.0 Å². The molecule has 2 aromatic carbocycles. The third-order valence-electron chi connectivity index (χ3n) is 3.55. The summed E-state index contributed by atoms with van der Waals surface area (Å²) in [4.78, 5) is 16.2. The lowest BCUT2D eigenvalue weighted by molar-refractivity contribution is 0.102. The summed E-state index contributed by atoms with van der Waals surface area (Å²) < 4.78 is 26.4. The maximum Gasteiger partial charge on any atom is 0.255 e. The van der Waals surface area contributed by atoms with E-state index in [0.29, 0.717) is 29.2 Å². The van der Waals surface area contributed by atoms with Crippen molar-refractivity contribution in [1.82, 2.24) is 4.98 Å². The SMILES string of the molecule is O=C(Nc1ccc(NCc2ccccc2F)nc1)c1ccc(F)cc1. The Balaban J connectivity index is 1.59. The molecule has 0 spiro atoms. The van der Waals surface area contributed by atoms with Crippen molar-refractivity contribution >= 4 is 17.4 Å². The molecule has 4 nitrogen and oxygen atoms in total. The molecule has 2 N–H and O–H groups in total. The van der Waals surface area contributed by atoms with Gasteiger partial charge in [-0.3, -0.25) is 4.79 Å². The third-order valence-corrected chi connectivity index (χ3v) is 3.55. The predicted molar refractivity (Wildman–Crippen MR) is 92.3 cm³/mol. The number of hydrogen-bond acceptors (Lipinski definition) is 3. The summed E-state index contributed by atoms with van der Waals surface area (Å²) in [5.74, 6) is -0.474. The van der Waals surface area contributed by atoms with Crippen LogP contribution in [-0.4, -0.2) is 10.9 Å². The van der Waals surface area contributed by atoms with Crippen molar-refractivity contribution in [3.63, 3.8) is 0 Å². The first-order valence-electron chi connectivity index (χ1n) is 7.62. The van der Waals surface area contributed by atoms with E-state index in [1.165, 1.54) is 36.5 Å². The highest BCUT2D eigenvalue weighted by Crippen LogP contribution is 2.14. The molecule has 0 saturated heterocycles. The molecule has 0 aliphatic heterocycles. The van der Waals surface area contributed by atoms with Crippen molar-refractivity contribution in [2.45, 2.75) is 6.54 Å². The summed E-state index contributed by atoms with van der Waals surface area (Å²) in [6.07, 6.45) is 1.49. The molecule has 0 bridgehead atoms. The Labute approximate surface area is 143 Å². The number of pyridine rings is 1. The van der Waals surface area contributed by atoms with Gasteiger partial charge in [0.05, 0.1) is 11.9 Å². The summed E-state index contributed by atoms with van der Waals surface area (Å²) in [5.41, 5.74) is 1.40. The lowest BCUT2D eigenvalue weighted by Crippen LogP contribution is -2.12. The van der Waals surface area contributed by atoms with Gasteiger partial charge in [-0.2, -0.15) is 0 Å². The maximum absolute atomic E-state index is 13.6. The molecule has 3 aromatic rings. The normalized spacial score (nSPS) is 10.3. The van der Waals surface area contributed by atoms with Crippen LogP contribution in [0.3, 0.4) is 0 Å². The monoisotopic (exact) mass is 339 g/mol. The van der Waals surface area contributed by atoms with Crippen LogP contribution in [0, 0.1) is 11.6 Å². The van der Waals surface area contributed by atoms with Gasteiger partial charge in [-0.15, -0.1) is 0 Å². The summed E-state index contributed by atoms with van der Waals surface area (Å²) in [7, 11) is 0. The highest BCUT2D eigenvalue weighted by atomic mass is 19.1. The molecule has 0 fully saturated rings. The van der Waals surface area contributed by atoms with Crippen LogP contribution in [0.5, 0.6) is 0 Å². The van der Waals surface area contributed by atoms with E-state index in [2.05, 4.69) is 15.6 Å². The van der Waals surface area contributed by atoms with Gasteiger partial charge in [0.2, 0.25) is 0 Å². The van der Waals surface area contributed by atoms with Crippen LogP contribution in [0.15, 0.2) is 66.9 Å². The fraction of sp³-hybridized carbons (Fsp3) is 0.0526. The van der Waals surface area contributed by atoms with E-state index in [0.717, 1.165) is 0 Å². The minimum atomic E-state index is -0.400. The molecule has 1 heterocycles. The van der Waals surface area contributed by atoms with Crippen molar-refractivity contribution in [3.8, 4) is 0 Å². The number of carbonyl (C=O) groups excluding carboxylic acids is 1. The quantitative estimate of drug-likeness (QED) is 0.732. The molecule has 0 atom stereocenters. The second-order valence-corrected chi connectivity index (χ2v) is 5.34. The van der Waals surface area contributed by atoms with E-state index in [4.69, 9.17) is 0 Å². The molecule has 1 aromatic heterocycles.